The molecule has 10 nitrogen and oxygen atoms in total. The molecule has 0 spiro atoms. The van der Waals surface area contributed by atoms with E-state index < -0.39 is 17.7 Å². The molecule has 0 atom stereocenters. The molecule has 3 N–H and O–H groups in total. The molecule has 11 heteroatoms. The van der Waals surface area contributed by atoms with Crippen molar-refractivity contribution in [2.75, 3.05) is 17.2 Å². The van der Waals surface area contributed by atoms with Crippen molar-refractivity contribution >= 4 is 35.3 Å². The van der Waals surface area contributed by atoms with Crippen molar-refractivity contribution < 1.29 is 23.5 Å². The fourth-order valence-electron chi connectivity index (χ4n) is 4.21. The van der Waals surface area contributed by atoms with Crippen molar-refractivity contribution in [1.82, 2.24) is 15.2 Å². The lowest BCUT2D eigenvalue weighted by Gasteiger charge is -2.11. The maximum Gasteiger partial charge on any atom is 0.329 e. The summed E-state index contributed by atoms with van der Waals surface area (Å²) in [5, 5.41) is 13.8. The number of para-hydroxylation sites is 2. The van der Waals surface area contributed by atoms with Crippen LogP contribution in [-0.2, 0) is 9.59 Å². The van der Waals surface area contributed by atoms with Gasteiger partial charge < -0.3 is 15.4 Å². The van der Waals surface area contributed by atoms with Gasteiger partial charge in [0.15, 0.2) is 0 Å². The first kappa shape index (κ1) is 29.4. The van der Waals surface area contributed by atoms with Crippen LogP contribution in [0.5, 0.6) is 5.75 Å². The van der Waals surface area contributed by atoms with E-state index in [2.05, 4.69) is 26.3 Å². The molecule has 4 aromatic carbocycles. The van der Waals surface area contributed by atoms with Crippen LogP contribution in [0.15, 0.2) is 114 Å². The quantitative estimate of drug-likeness (QED) is 0.120. The Hall–Kier alpha value is -6.10. The molecule has 0 unspecified atom stereocenters. The third kappa shape index (κ3) is 7.21. The molecule has 0 aliphatic carbocycles. The van der Waals surface area contributed by atoms with Gasteiger partial charge >= 0.3 is 11.8 Å². The Bertz CT molecular complexity index is 1800. The number of carbonyl (C=O) groups excluding carboxylic acids is 3. The van der Waals surface area contributed by atoms with E-state index in [0.29, 0.717) is 34.9 Å². The van der Waals surface area contributed by atoms with Gasteiger partial charge in [-0.05, 0) is 79.7 Å². The zero-order valence-electron chi connectivity index (χ0n) is 23.5. The number of ether oxygens (including phenoxy) is 1. The summed E-state index contributed by atoms with van der Waals surface area (Å²) in [6.45, 7) is 2.40. The number of benzene rings is 4. The van der Waals surface area contributed by atoms with Crippen LogP contribution in [0, 0.1) is 5.82 Å². The van der Waals surface area contributed by atoms with Gasteiger partial charge in [0.25, 0.3) is 5.91 Å². The molecule has 44 heavy (non-hydrogen) atoms. The van der Waals surface area contributed by atoms with Crippen LogP contribution < -0.4 is 20.8 Å². The number of halogens is 1. The predicted molar refractivity (Wildman–Crippen MR) is 165 cm³/mol. The Kier molecular flexibility index (Phi) is 9.16. The fourth-order valence-corrected chi connectivity index (χ4v) is 4.21. The number of hydrazone groups is 1. The van der Waals surface area contributed by atoms with Gasteiger partial charge in [-0.15, -0.1) is 0 Å². The highest BCUT2D eigenvalue weighted by Gasteiger charge is 2.18. The third-order valence-corrected chi connectivity index (χ3v) is 6.30. The van der Waals surface area contributed by atoms with Gasteiger partial charge in [0.2, 0.25) is 0 Å². The Morgan fingerprint density at radius 1 is 0.864 bits per heavy atom. The summed E-state index contributed by atoms with van der Waals surface area (Å²) in [7, 11) is 0. The molecular formula is C33H27FN6O4. The third-order valence-electron chi connectivity index (χ3n) is 6.30. The molecule has 0 aliphatic rings. The monoisotopic (exact) mass is 590 g/mol. The van der Waals surface area contributed by atoms with Crippen LogP contribution in [0.3, 0.4) is 0 Å². The highest BCUT2D eigenvalue weighted by Crippen LogP contribution is 2.23. The van der Waals surface area contributed by atoms with Gasteiger partial charge in [-0.2, -0.15) is 10.2 Å². The van der Waals surface area contributed by atoms with Crippen molar-refractivity contribution in [2.45, 2.75) is 6.92 Å². The van der Waals surface area contributed by atoms with E-state index in [9.17, 15) is 18.8 Å². The highest BCUT2D eigenvalue weighted by molar-refractivity contribution is 6.40. The molecule has 220 valence electrons. The number of nitrogens with zero attached hydrogens (tertiary/aromatic N) is 3. The zero-order chi connectivity index (χ0) is 30.9. The standard InChI is InChI=1S/C33H27FN6O4/c1-2-44-27-18-16-25(17-19-27)36-31(41)28-10-6-7-11-29(28)37-32(42)33(43)38-35-20-23-21-40(26-8-4-3-5-9-26)39-30(23)22-12-14-24(34)15-13-22/h3-21H,2H2,1H3,(H,36,41)(H,37,42)(H,38,43)/b35-20+. The molecule has 3 amide bonds. The average Bonchev–Trinajstić information content (AvgIpc) is 3.47. The lowest BCUT2D eigenvalue weighted by atomic mass is 10.1. The Balaban J connectivity index is 1.27. The topological polar surface area (TPSA) is 127 Å². The highest BCUT2D eigenvalue weighted by atomic mass is 19.1. The van der Waals surface area contributed by atoms with Gasteiger partial charge in [-0.25, -0.2) is 14.5 Å². The lowest BCUT2D eigenvalue weighted by molar-refractivity contribution is -0.136. The summed E-state index contributed by atoms with van der Waals surface area (Å²) in [5.74, 6) is -2.28. The number of hydrogen-bond donors (Lipinski definition) is 3. The van der Waals surface area contributed by atoms with Crippen LogP contribution in [-0.4, -0.2) is 40.3 Å². The minimum atomic E-state index is -1.05. The number of carbonyl (C=O) groups is 3. The maximum atomic E-state index is 13.5. The van der Waals surface area contributed by atoms with Crippen molar-refractivity contribution in [3.05, 3.63) is 126 Å². The summed E-state index contributed by atoms with van der Waals surface area (Å²) in [6.07, 6.45) is 3.04. The van der Waals surface area contributed by atoms with Gasteiger partial charge in [0, 0.05) is 23.0 Å². The van der Waals surface area contributed by atoms with E-state index in [1.54, 1.807) is 59.4 Å². The van der Waals surface area contributed by atoms with E-state index in [0.717, 1.165) is 5.69 Å². The number of nitrogens with one attached hydrogen (secondary N) is 3. The van der Waals surface area contributed by atoms with Gasteiger partial charge in [-0.3, -0.25) is 14.4 Å². The molecule has 1 heterocycles. The number of aromatic nitrogens is 2. The van der Waals surface area contributed by atoms with Crippen molar-refractivity contribution in [2.24, 2.45) is 5.10 Å². The first-order valence-electron chi connectivity index (χ1n) is 13.6. The molecular weight excluding hydrogens is 563 g/mol. The molecule has 0 radical (unpaired) electrons. The van der Waals surface area contributed by atoms with Gasteiger partial charge in [0.05, 0.1) is 29.8 Å². The number of rotatable bonds is 9. The van der Waals surface area contributed by atoms with Crippen molar-refractivity contribution in [1.29, 1.82) is 0 Å². The van der Waals surface area contributed by atoms with Crippen molar-refractivity contribution in [3.8, 4) is 22.7 Å². The van der Waals surface area contributed by atoms with Crippen LogP contribution in [0.2, 0.25) is 0 Å². The van der Waals surface area contributed by atoms with Gasteiger partial charge in [0.1, 0.15) is 17.3 Å². The molecule has 1 aromatic heterocycles. The second-order valence-corrected chi connectivity index (χ2v) is 9.33. The number of anilines is 2. The van der Waals surface area contributed by atoms with Crippen LogP contribution in [0.1, 0.15) is 22.8 Å². The van der Waals surface area contributed by atoms with E-state index in [-0.39, 0.29) is 17.1 Å². The van der Waals surface area contributed by atoms with E-state index in [1.807, 2.05) is 37.3 Å². The molecule has 0 fully saturated rings. The smallest absolute Gasteiger partial charge is 0.329 e. The Morgan fingerprint density at radius 3 is 2.30 bits per heavy atom. The maximum absolute atomic E-state index is 13.5. The van der Waals surface area contributed by atoms with Crippen LogP contribution >= 0.6 is 0 Å². The van der Waals surface area contributed by atoms with Crippen LogP contribution in [0.25, 0.3) is 16.9 Å². The average molecular weight is 591 g/mol. The molecule has 5 aromatic rings. The van der Waals surface area contributed by atoms with Gasteiger partial charge in [-0.1, -0.05) is 30.3 Å². The molecule has 5 rings (SSSR count). The SMILES string of the molecule is CCOc1ccc(NC(=O)c2ccccc2NC(=O)C(=O)N/N=C/c2cn(-c3ccccc3)nc2-c2ccc(F)cc2)cc1. The molecule has 0 bridgehead atoms. The second kappa shape index (κ2) is 13.7. The van der Waals surface area contributed by atoms with E-state index in [1.165, 1.54) is 30.5 Å². The first-order chi connectivity index (χ1) is 21.4. The second-order valence-electron chi connectivity index (χ2n) is 9.33. The lowest BCUT2D eigenvalue weighted by Crippen LogP contribution is -2.33. The summed E-state index contributed by atoms with van der Waals surface area (Å²) < 4.78 is 20.6. The minimum absolute atomic E-state index is 0.141. The van der Waals surface area contributed by atoms with Crippen LogP contribution in [0.4, 0.5) is 15.8 Å². The number of amides is 3. The normalized spacial score (nSPS) is 10.8. The van der Waals surface area contributed by atoms with E-state index in [4.69, 9.17) is 4.74 Å². The largest absolute Gasteiger partial charge is 0.494 e. The predicted octanol–water partition coefficient (Wildman–Crippen LogP) is 5.42. The Morgan fingerprint density at radius 2 is 1.57 bits per heavy atom. The van der Waals surface area contributed by atoms with E-state index >= 15 is 0 Å². The molecule has 0 saturated carbocycles. The minimum Gasteiger partial charge on any atom is -0.494 e. The zero-order valence-corrected chi connectivity index (χ0v) is 23.5. The summed E-state index contributed by atoms with van der Waals surface area (Å²) in [6, 6.07) is 28.3. The Labute approximate surface area is 252 Å². The number of hydrogen-bond acceptors (Lipinski definition) is 6. The molecule has 0 saturated heterocycles. The summed E-state index contributed by atoms with van der Waals surface area (Å²) in [4.78, 5) is 38.3. The summed E-state index contributed by atoms with van der Waals surface area (Å²) in [5.41, 5.74) is 5.44. The first-order valence-corrected chi connectivity index (χ1v) is 13.6. The summed E-state index contributed by atoms with van der Waals surface area (Å²) >= 11 is 0. The fraction of sp³-hybridized carbons (Fsp3) is 0.0606. The molecule has 0 aliphatic heterocycles. The van der Waals surface area contributed by atoms with Crippen molar-refractivity contribution in [3.63, 3.8) is 0 Å².